The Balaban J connectivity index is 2.15. The highest BCUT2D eigenvalue weighted by Gasteiger charge is 2.16. The van der Waals surface area contributed by atoms with Crippen molar-refractivity contribution in [2.45, 2.75) is 0 Å². The molecule has 1 aliphatic rings. The highest BCUT2D eigenvalue weighted by atomic mass is 16.3. The number of piperazine rings is 1. The van der Waals surface area contributed by atoms with E-state index >= 15 is 0 Å². The van der Waals surface area contributed by atoms with Crippen LogP contribution in [-0.2, 0) is 4.79 Å². The van der Waals surface area contributed by atoms with Crippen LogP contribution in [0.3, 0.4) is 0 Å². The van der Waals surface area contributed by atoms with Crippen LogP contribution in [-0.4, -0.2) is 24.8 Å². The molecular formula is C10H10N2O3. The molecular weight excluding hydrogens is 196 g/mol. The minimum absolute atomic E-state index is 0.225. The van der Waals surface area contributed by atoms with Gasteiger partial charge in [0.2, 0.25) is 5.78 Å². The summed E-state index contributed by atoms with van der Waals surface area (Å²) in [7, 11) is 0. The van der Waals surface area contributed by atoms with Crippen LogP contribution in [0.2, 0.25) is 0 Å². The molecule has 0 unspecified atom stereocenters. The van der Waals surface area contributed by atoms with E-state index in [4.69, 9.17) is 4.42 Å². The zero-order valence-electron chi connectivity index (χ0n) is 7.95. The number of allylic oxidation sites excluding steroid dienone is 1. The minimum Gasteiger partial charge on any atom is -0.461 e. The normalized spacial score (nSPS) is 18.4. The maximum absolute atomic E-state index is 11.5. The molecule has 0 bridgehead atoms. The number of carbonyl (C=O) groups is 2. The number of hydrogen-bond acceptors (Lipinski definition) is 4. The zero-order valence-corrected chi connectivity index (χ0v) is 7.95. The van der Waals surface area contributed by atoms with Crippen LogP contribution in [0.15, 0.2) is 34.6 Å². The summed E-state index contributed by atoms with van der Waals surface area (Å²) < 4.78 is 4.92. The fourth-order valence-corrected chi connectivity index (χ4v) is 1.29. The van der Waals surface area contributed by atoms with E-state index in [1.807, 2.05) is 0 Å². The Labute approximate surface area is 86.1 Å². The number of hydrogen-bond donors (Lipinski definition) is 2. The number of nitrogens with one attached hydrogen (secondary N) is 2. The first-order chi connectivity index (χ1) is 7.27. The summed E-state index contributed by atoms with van der Waals surface area (Å²) in [5.41, 5.74) is 0.280. The average molecular weight is 206 g/mol. The molecule has 1 aliphatic heterocycles. The Morgan fingerprint density at radius 2 is 2.20 bits per heavy atom. The van der Waals surface area contributed by atoms with Gasteiger partial charge in [-0.3, -0.25) is 9.59 Å². The summed E-state index contributed by atoms with van der Waals surface area (Å²) in [6.07, 6.45) is 2.66. The van der Waals surface area contributed by atoms with Crippen LogP contribution in [0, 0.1) is 0 Å². The standard InChI is InChI=1S/C10H10N2O3/c13-8(9-2-1-5-15-9)6-7-10(14)12-4-3-11-7/h1-2,5-6,11H,3-4H2,(H,12,14)/b7-6+. The van der Waals surface area contributed by atoms with E-state index in [1.54, 1.807) is 12.1 Å². The first-order valence-corrected chi connectivity index (χ1v) is 4.59. The van der Waals surface area contributed by atoms with E-state index in [9.17, 15) is 9.59 Å². The van der Waals surface area contributed by atoms with Crippen molar-refractivity contribution in [3.05, 3.63) is 35.9 Å². The molecule has 0 aliphatic carbocycles. The van der Waals surface area contributed by atoms with Gasteiger partial charge in [0.25, 0.3) is 5.91 Å². The van der Waals surface area contributed by atoms with Crippen LogP contribution in [0.1, 0.15) is 10.6 Å². The summed E-state index contributed by atoms with van der Waals surface area (Å²) in [5.74, 6) is -0.358. The second kappa shape index (κ2) is 4.00. The predicted molar refractivity (Wildman–Crippen MR) is 52.1 cm³/mol. The van der Waals surface area contributed by atoms with Gasteiger partial charge in [0.15, 0.2) is 5.76 Å². The Morgan fingerprint density at radius 1 is 1.40 bits per heavy atom. The molecule has 5 heteroatoms. The first-order valence-electron chi connectivity index (χ1n) is 4.59. The van der Waals surface area contributed by atoms with Gasteiger partial charge >= 0.3 is 0 Å². The van der Waals surface area contributed by atoms with E-state index in [0.29, 0.717) is 13.1 Å². The molecule has 15 heavy (non-hydrogen) atoms. The average Bonchev–Trinajstić information content (AvgIpc) is 2.74. The van der Waals surface area contributed by atoms with Crippen molar-refractivity contribution < 1.29 is 14.0 Å². The lowest BCUT2D eigenvalue weighted by Gasteiger charge is -2.16. The van der Waals surface area contributed by atoms with Gasteiger partial charge in [-0.25, -0.2) is 0 Å². The zero-order chi connectivity index (χ0) is 10.7. The SMILES string of the molecule is O=C1NCCN/C1=C/C(=O)c1ccco1. The third-order valence-electron chi connectivity index (χ3n) is 2.01. The molecule has 1 amide bonds. The minimum atomic E-state index is -0.320. The Bertz CT molecular complexity index is 406. The Kier molecular flexibility index (Phi) is 2.53. The fraction of sp³-hybridized carbons (Fsp3) is 0.200. The number of amides is 1. The van der Waals surface area contributed by atoms with Crippen molar-refractivity contribution in [1.29, 1.82) is 0 Å². The van der Waals surface area contributed by atoms with Crippen molar-refractivity contribution in [3.8, 4) is 0 Å². The molecule has 0 atom stereocenters. The van der Waals surface area contributed by atoms with Crippen molar-refractivity contribution in [1.82, 2.24) is 10.6 Å². The van der Waals surface area contributed by atoms with Gasteiger partial charge in [-0.05, 0) is 12.1 Å². The second-order valence-corrected chi connectivity index (χ2v) is 3.08. The van der Waals surface area contributed by atoms with Gasteiger partial charge in [-0.1, -0.05) is 0 Å². The van der Waals surface area contributed by atoms with Crippen molar-refractivity contribution in [3.63, 3.8) is 0 Å². The smallest absolute Gasteiger partial charge is 0.267 e. The van der Waals surface area contributed by atoms with E-state index in [1.165, 1.54) is 12.3 Å². The maximum Gasteiger partial charge on any atom is 0.267 e. The lowest BCUT2D eigenvalue weighted by Crippen LogP contribution is -2.43. The highest BCUT2D eigenvalue weighted by molar-refractivity contribution is 6.08. The van der Waals surface area contributed by atoms with Crippen LogP contribution < -0.4 is 10.6 Å². The van der Waals surface area contributed by atoms with Gasteiger partial charge in [0, 0.05) is 19.2 Å². The van der Waals surface area contributed by atoms with Crippen molar-refractivity contribution in [2.24, 2.45) is 0 Å². The van der Waals surface area contributed by atoms with Crippen molar-refractivity contribution in [2.75, 3.05) is 13.1 Å². The third kappa shape index (κ3) is 2.07. The predicted octanol–water partition coefficient (Wildman–Crippen LogP) is 0.0656. The molecule has 0 radical (unpaired) electrons. The second-order valence-electron chi connectivity index (χ2n) is 3.08. The van der Waals surface area contributed by atoms with Gasteiger partial charge in [-0.2, -0.15) is 0 Å². The van der Waals surface area contributed by atoms with Crippen LogP contribution in [0.25, 0.3) is 0 Å². The molecule has 2 rings (SSSR count). The van der Waals surface area contributed by atoms with Crippen LogP contribution in [0.5, 0.6) is 0 Å². The molecule has 2 heterocycles. The molecule has 0 aromatic carbocycles. The molecule has 1 aromatic heterocycles. The number of rotatable bonds is 2. The monoisotopic (exact) mass is 206 g/mol. The summed E-state index contributed by atoms with van der Waals surface area (Å²) in [6, 6.07) is 3.18. The van der Waals surface area contributed by atoms with Crippen LogP contribution >= 0.6 is 0 Å². The molecule has 1 aromatic rings. The molecule has 5 nitrogen and oxygen atoms in total. The molecule has 0 spiro atoms. The number of ketones is 1. The molecule has 1 saturated heterocycles. The van der Waals surface area contributed by atoms with Crippen molar-refractivity contribution >= 4 is 11.7 Å². The summed E-state index contributed by atoms with van der Waals surface area (Å²) in [5, 5.41) is 5.48. The molecule has 2 N–H and O–H groups in total. The fourth-order valence-electron chi connectivity index (χ4n) is 1.29. The summed E-state index contributed by atoms with van der Waals surface area (Å²) in [4.78, 5) is 22.8. The Morgan fingerprint density at radius 3 is 2.87 bits per heavy atom. The van der Waals surface area contributed by atoms with E-state index in [0.717, 1.165) is 0 Å². The van der Waals surface area contributed by atoms with Gasteiger partial charge in [-0.15, -0.1) is 0 Å². The number of carbonyl (C=O) groups excluding carboxylic acids is 2. The van der Waals surface area contributed by atoms with Gasteiger partial charge in [0.05, 0.1) is 6.26 Å². The largest absolute Gasteiger partial charge is 0.461 e. The van der Waals surface area contributed by atoms with E-state index < -0.39 is 0 Å². The number of furan rings is 1. The van der Waals surface area contributed by atoms with Gasteiger partial charge in [0.1, 0.15) is 5.70 Å². The van der Waals surface area contributed by atoms with Gasteiger partial charge < -0.3 is 15.1 Å². The lowest BCUT2D eigenvalue weighted by atomic mass is 10.2. The topological polar surface area (TPSA) is 71.3 Å². The maximum atomic E-state index is 11.5. The lowest BCUT2D eigenvalue weighted by molar-refractivity contribution is -0.118. The molecule has 0 saturated carbocycles. The summed E-state index contributed by atoms with van der Waals surface area (Å²) in [6.45, 7) is 1.20. The third-order valence-corrected chi connectivity index (χ3v) is 2.01. The van der Waals surface area contributed by atoms with E-state index in [-0.39, 0.29) is 23.1 Å². The molecule has 78 valence electrons. The Hall–Kier alpha value is -2.04. The quantitative estimate of drug-likeness (QED) is 0.530. The molecule has 1 fully saturated rings. The summed E-state index contributed by atoms with van der Waals surface area (Å²) >= 11 is 0. The first kappa shape index (κ1) is 9.51. The highest BCUT2D eigenvalue weighted by Crippen LogP contribution is 2.04. The van der Waals surface area contributed by atoms with Crippen LogP contribution in [0.4, 0.5) is 0 Å². The van der Waals surface area contributed by atoms with E-state index in [2.05, 4.69) is 10.6 Å².